The first-order valence-corrected chi connectivity index (χ1v) is 14.6. The van der Waals surface area contributed by atoms with Crippen molar-refractivity contribution in [1.82, 2.24) is 15.1 Å². The Morgan fingerprint density at radius 2 is 1.88 bits per heavy atom. The molecule has 2 aliphatic heterocycles. The lowest BCUT2D eigenvalue weighted by atomic mass is 10.1. The third kappa shape index (κ3) is 7.38. The molecule has 2 N–H and O–H groups in total. The SMILES string of the molecule is CC(C)NC(=O)CN1C(c2cccc(Cl)c2)=NN(c2ccc(CCN3CCC(CO)C3)cc2)C1Oc1ccccc1. The Morgan fingerprint density at radius 1 is 1.10 bits per heavy atom. The molecular formula is C32H38ClN5O3. The average Bonchev–Trinajstić information content (AvgIpc) is 3.57. The van der Waals surface area contributed by atoms with Crippen LogP contribution in [0.3, 0.4) is 0 Å². The number of hydrazone groups is 1. The number of para-hydroxylation sites is 1. The molecule has 3 aromatic rings. The second kappa shape index (κ2) is 13.4. The molecule has 5 rings (SSSR count). The van der Waals surface area contributed by atoms with Crippen LogP contribution >= 0.6 is 11.6 Å². The quantitative estimate of drug-likeness (QED) is 0.349. The Kier molecular flexibility index (Phi) is 9.44. The van der Waals surface area contributed by atoms with Gasteiger partial charge in [0.15, 0.2) is 5.84 Å². The van der Waals surface area contributed by atoms with Crippen molar-refractivity contribution in [1.29, 1.82) is 0 Å². The fraction of sp³-hybridized carbons (Fsp3) is 0.375. The van der Waals surface area contributed by atoms with Crippen molar-refractivity contribution in [2.45, 2.75) is 39.1 Å². The van der Waals surface area contributed by atoms with Crippen molar-refractivity contribution in [2.75, 3.05) is 37.8 Å². The van der Waals surface area contributed by atoms with E-state index >= 15 is 0 Å². The van der Waals surface area contributed by atoms with Crippen molar-refractivity contribution in [3.05, 3.63) is 95.0 Å². The van der Waals surface area contributed by atoms with Crippen LogP contribution in [0.4, 0.5) is 5.69 Å². The van der Waals surface area contributed by atoms with Crippen LogP contribution in [-0.4, -0.2) is 71.8 Å². The molecule has 1 fully saturated rings. The second-order valence-corrected chi connectivity index (χ2v) is 11.4. The Bertz CT molecular complexity index is 1330. The number of hydrogen-bond donors (Lipinski definition) is 2. The Hall–Kier alpha value is -3.59. The first-order chi connectivity index (χ1) is 19.9. The summed E-state index contributed by atoms with van der Waals surface area (Å²) in [5, 5.41) is 19.8. The van der Waals surface area contributed by atoms with E-state index < -0.39 is 6.35 Å². The van der Waals surface area contributed by atoms with Crippen LogP contribution in [-0.2, 0) is 11.2 Å². The summed E-state index contributed by atoms with van der Waals surface area (Å²) in [5.41, 5.74) is 2.87. The van der Waals surface area contributed by atoms with Gasteiger partial charge in [0.2, 0.25) is 5.91 Å². The van der Waals surface area contributed by atoms with Crippen LogP contribution in [0.25, 0.3) is 0 Å². The number of hydrogen-bond acceptors (Lipinski definition) is 7. The van der Waals surface area contributed by atoms with Crippen LogP contribution in [0.2, 0.25) is 5.02 Å². The number of carbonyl (C=O) groups excluding carboxylic acids is 1. The average molecular weight is 576 g/mol. The molecule has 1 saturated heterocycles. The normalized spacial score (nSPS) is 19.1. The van der Waals surface area contributed by atoms with Gasteiger partial charge < -0.3 is 20.1 Å². The fourth-order valence-electron chi connectivity index (χ4n) is 5.26. The van der Waals surface area contributed by atoms with Crippen molar-refractivity contribution >= 4 is 29.0 Å². The number of aliphatic hydroxyl groups excluding tert-OH is 1. The molecule has 0 aromatic heterocycles. The molecule has 1 amide bonds. The van der Waals surface area contributed by atoms with Gasteiger partial charge in [-0.2, -0.15) is 0 Å². The molecule has 3 aromatic carbocycles. The first-order valence-electron chi connectivity index (χ1n) is 14.2. The highest BCUT2D eigenvalue weighted by molar-refractivity contribution is 6.31. The van der Waals surface area contributed by atoms with Crippen LogP contribution in [0.15, 0.2) is 84.0 Å². The molecule has 0 bridgehead atoms. The molecule has 0 aliphatic carbocycles. The maximum Gasteiger partial charge on any atom is 0.274 e. The van der Waals surface area contributed by atoms with E-state index in [0.29, 0.717) is 22.5 Å². The number of nitrogens with zero attached hydrogens (tertiary/aromatic N) is 4. The van der Waals surface area contributed by atoms with Crippen LogP contribution < -0.4 is 15.1 Å². The first kappa shape index (κ1) is 28.9. The Morgan fingerprint density at radius 3 is 2.56 bits per heavy atom. The predicted octanol–water partition coefficient (Wildman–Crippen LogP) is 4.57. The van der Waals surface area contributed by atoms with E-state index in [2.05, 4.69) is 22.3 Å². The maximum atomic E-state index is 13.0. The largest absolute Gasteiger partial charge is 0.450 e. The van der Waals surface area contributed by atoms with E-state index in [1.54, 1.807) is 0 Å². The van der Waals surface area contributed by atoms with Crippen LogP contribution in [0, 0.1) is 5.92 Å². The molecule has 0 saturated carbocycles. The lowest BCUT2D eigenvalue weighted by Crippen LogP contribution is -2.51. The smallest absolute Gasteiger partial charge is 0.274 e. The van der Waals surface area contributed by atoms with E-state index in [1.165, 1.54) is 5.56 Å². The lowest BCUT2D eigenvalue weighted by Gasteiger charge is -2.31. The molecule has 9 heteroatoms. The Balaban J connectivity index is 1.43. The van der Waals surface area contributed by atoms with Crippen LogP contribution in [0.1, 0.15) is 31.4 Å². The summed E-state index contributed by atoms with van der Waals surface area (Å²) in [6, 6.07) is 25.4. The van der Waals surface area contributed by atoms with Crippen LogP contribution in [0.5, 0.6) is 5.75 Å². The van der Waals surface area contributed by atoms with Gasteiger partial charge in [0.1, 0.15) is 12.3 Å². The zero-order valence-corrected chi connectivity index (χ0v) is 24.4. The third-order valence-corrected chi connectivity index (χ3v) is 7.56. The molecule has 2 unspecified atom stereocenters. The fourth-order valence-corrected chi connectivity index (χ4v) is 5.45. The highest BCUT2D eigenvalue weighted by atomic mass is 35.5. The van der Waals surface area contributed by atoms with Gasteiger partial charge in [-0.25, -0.2) is 5.01 Å². The van der Waals surface area contributed by atoms with E-state index in [0.717, 1.165) is 43.7 Å². The monoisotopic (exact) mass is 575 g/mol. The van der Waals surface area contributed by atoms with Crippen molar-refractivity contribution in [3.63, 3.8) is 0 Å². The zero-order chi connectivity index (χ0) is 28.8. The highest BCUT2D eigenvalue weighted by Crippen LogP contribution is 2.30. The van der Waals surface area contributed by atoms with Gasteiger partial charge in [-0.3, -0.25) is 9.69 Å². The highest BCUT2D eigenvalue weighted by Gasteiger charge is 2.39. The summed E-state index contributed by atoms with van der Waals surface area (Å²) < 4.78 is 6.51. The number of ether oxygens (including phenoxy) is 1. The standard InChI is InChI=1S/C32H38ClN5O3/c1-23(2)34-30(40)21-37-31(26-7-6-8-27(33)19-26)35-38(32(37)41-29-9-4-3-5-10-29)28-13-11-24(12-14-28)15-17-36-18-16-25(20-36)22-39/h3-14,19,23,25,32,39H,15-18,20-22H2,1-2H3,(H,34,40). The van der Waals surface area contributed by atoms with E-state index in [-0.39, 0.29) is 25.1 Å². The summed E-state index contributed by atoms with van der Waals surface area (Å²) in [6.07, 6.45) is 1.29. The van der Waals surface area contributed by atoms with Gasteiger partial charge in [-0.1, -0.05) is 54.1 Å². The van der Waals surface area contributed by atoms with Gasteiger partial charge >= 0.3 is 0 Å². The molecule has 2 aliphatic rings. The number of benzene rings is 3. The topological polar surface area (TPSA) is 80.6 Å². The summed E-state index contributed by atoms with van der Waals surface area (Å²) in [5.74, 6) is 1.54. The molecule has 2 atom stereocenters. The third-order valence-electron chi connectivity index (χ3n) is 7.33. The van der Waals surface area contributed by atoms with E-state index in [1.807, 2.05) is 90.5 Å². The minimum Gasteiger partial charge on any atom is -0.450 e. The molecular weight excluding hydrogens is 538 g/mol. The van der Waals surface area contributed by atoms with Crippen molar-refractivity contribution in [2.24, 2.45) is 11.0 Å². The predicted molar refractivity (Wildman–Crippen MR) is 163 cm³/mol. The number of anilines is 1. The lowest BCUT2D eigenvalue weighted by molar-refractivity contribution is -0.123. The summed E-state index contributed by atoms with van der Waals surface area (Å²) in [4.78, 5) is 17.3. The number of likely N-dealkylation sites (tertiary alicyclic amines) is 1. The van der Waals surface area contributed by atoms with E-state index in [4.69, 9.17) is 21.4 Å². The van der Waals surface area contributed by atoms with Gasteiger partial charge in [0.05, 0.1) is 5.69 Å². The summed E-state index contributed by atoms with van der Waals surface area (Å²) in [7, 11) is 0. The van der Waals surface area contributed by atoms with Gasteiger partial charge in [-0.05, 0) is 81.1 Å². The summed E-state index contributed by atoms with van der Waals surface area (Å²) in [6.45, 7) is 7.16. The molecule has 0 spiro atoms. The maximum absolute atomic E-state index is 13.0. The Labute approximate surface area is 247 Å². The minimum atomic E-state index is -0.699. The number of amides is 1. The molecule has 216 valence electrons. The van der Waals surface area contributed by atoms with E-state index in [9.17, 15) is 9.90 Å². The summed E-state index contributed by atoms with van der Waals surface area (Å²) >= 11 is 6.36. The van der Waals surface area contributed by atoms with Gasteiger partial charge in [0.25, 0.3) is 6.35 Å². The van der Waals surface area contributed by atoms with Gasteiger partial charge in [-0.15, -0.1) is 5.10 Å². The molecule has 0 radical (unpaired) electrons. The molecule has 8 nitrogen and oxygen atoms in total. The second-order valence-electron chi connectivity index (χ2n) is 10.9. The van der Waals surface area contributed by atoms with Crippen molar-refractivity contribution < 1.29 is 14.6 Å². The molecule has 41 heavy (non-hydrogen) atoms. The number of rotatable bonds is 11. The van der Waals surface area contributed by atoms with Crippen molar-refractivity contribution in [3.8, 4) is 5.75 Å². The number of carbonyl (C=O) groups is 1. The number of halogens is 1. The number of aliphatic hydroxyl groups is 1. The molecule has 2 heterocycles. The van der Waals surface area contributed by atoms with Gasteiger partial charge in [0, 0.05) is 36.3 Å². The number of amidine groups is 1. The number of nitrogens with one attached hydrogen (secondary N) is 1. The minimum absolute atomic E-state index is 0.00360. The zero-order valence-electron chi connectivity index (χ0n) is 23.6.